The van der Waals surface area contributed by atoms with Gasteiger partial charge < -0.3 is 21.7 Å². The minimum Gasteiger partial charge on any atom is -1.00 e. The lowest BCUT2D eigenvalue weighted by atomic mass is 9.79. The van der Waals surface area contributed by atoms with Crippen LogP contribution in [0, 0.1) is 0 Å². The molecule has 0 aromatic heterocycles. The average Bonchev–Trinajstić information content (AvgIpc) is 3.01. The lowest BCUT2D eigenvalue weighted by molar-refractivity contribution is -0.509. The molecule has 114 valence electrons. The SMILES string of the molecule is C=CCC1C(=[N+]2CCCC2)CCc2cc(OC)ccc21.[Br-]. The highest BCUT2D eigenvalue weighted by Gasteiger charge is 2.32. The Morgan fingerprint density at radius 3 is 2.71 bits per heavy atom. The summed E-state index contributed by atoms with van der Waals surface area (Å²) >= 11 is 0. The third-order valence-corrected chi connectivity index (χ3v) is 4.69. The zero-order valence-electron chi connectivity index (χ0n) is 12.8. The molecule has 0 spiro atoms. The van der Waals surface area contributed by atoms with Crippen LogP contribution in [0.25, 0.3) is 0 Å². The van der Waals surface area contributed by atoms with Crippen LogP contribution < -0.4 is 21.7 Å². The lowest BCUT2D eigenvalue weighted by Gasteiger charge is -2.25. The van der Waals surface area contributed by atoms with Gasteiger partial charge in [-0.15, -0.1) is 6.58 Å². The van der Waals surface area contributed by atoms with E-state index in [4.69, 9.17) is 4.74 Å². The Morgan fingerprint density at radius 2 is 2.05 bits per heavy atom. The summed E-state index contributed by atoms with van der Waals surface area (Å²) < 4.78 is 7.99. The number of rotatable bonds is 3. The maximum Gasteiger partial charge on any atom is 0.160 e. The van der Waals surface area contributed by atoms with Gasteiger partial charge in [-0.1, -0.05) is 12.1 Å². The number of allylic oxidation sites excluding steroid dienone is 1. The van der Waals surface area contributed by atoms with Gasteiger partial charge in [0.15, 0.2) is 5.71 Å². The van der Waals surface area contributed by atoms with Crippen molar-refractivity contribution in [3.63, 3.8) is 0 Å². The number of nitrogens with zero attached hydrogens (tertiary/aromatic N) is 1. The molecule has 1 aromatic carbocycles. The Bertz CT molecular complexity index is 542. The molecule has 21 heavy (non-hydrogen) atoms. The van der Waals surface area contributed by atoms with Crippen molar-refractivity contribution in [1.82, 2.24) is 0 Å². The van der Waals surface area contributed by atoms with Crippen LogP contribution in [0.1, 0.15) is 42.7 Å². The molecule has 1 fully saturated rings. The minimum absolute atomic E-state index is 0. The van der Waals surface area contributed by atoms with Crippen molar-refractivity contribution >= 4 is 5.71 Å². The van der Waals surface area contributed by atoms with Crippen molar-refractivity contribution in [1.29, 1.82) is 0 Å². The van der Waals surface area contributed by atoms with Gasteiger partial charge in [0, 0.05) is 19.3 Å². The van der Waals surface area contributed by atoms with Crippen LogP contribution in [0.15, 0.2) is 30.9 Å². The van der Waals surface area contributed by atoms with Gasteiger partial charge in [-0.2, -0.15) is 0 Å². The normalized spacial score (nSPS) is 20.7. The Morgan fingerprint density at radius 1 is 1.29 bits per heavy atom. The van der Waals surface area contributed by atoms with Crippen LogP contribution in [0.3, 0.4) is 0 Å². The van der Waals surface area contributed by atoms with E-state index in [1.54, 1.807) is 12.8 Å². The molecule has 0 bridgehead atoms. The topological polar surface area (TPSA) is 12.2 Å². The lowest BCUT2D eigenvalue weighted by Crippen LogP contribution is -3.00. The summed E-state index contributed by atoms with van der Waals surface area (Å²) in [6.45, 7) is 6.45. The fourth-order valence-electron chi connectivity index (χ4n) is 3.69. The van der Waals surface area contributed by atoms with E-state index in [0.717, 1.165) is 18.6 Å². The quantitative estimate of drug-likeness (QED) is 0.573. The summed E-state index contributed by atoms with van der Waals surface area (Å²) in [7, 11) is 1.74. The van der Waals surface area contributed by atoms with E-state index in [1.165, 1.54) is 43.5 Å². The number of hydrogen-bond acceptors (Lipinski definition) is 1. The van der Waals surface area contributed by atoms with Crippen LogP contribution in [-0.2, 0) is 6.42 Å². The van der Waals surface area contributed by atoms with E-state index in [1.807, 2.05) is 0 Å². The maximum absolute atomic E-state index is 5.36. The van der Waals surface area contributed by atoms with Crippen molar-refractivity contribution in [2.45, 2.75) is 38.0 Å². The average molecular weight is 350 g/mol. The van der Waals surface area contributed by atoms with E-state index in [-0.39, 0.29) is 17.0 Å². The molecule has 1 aliphatic carbocycles. The highest BCUT2D eigenvalue weighted by molar-refractivity contribution is 5.89. The van der Waals surface area contributed by atoms with E-state index in [9.17, 15) is 0 Å². The molecule has 0 saturated carbocycles. The number of fused-ring (bicyclic) bond motifs is 1. The van der Waals surface area contributed by atoms with Crippen LogP contribution in [0.4, 0.5) is 0 Å². The summed E-state index contributed by atoms with van der Waals surface area (Å²) in [5.41, 5.74) is 4.58. The van der Waals surface area contributed by atoms with Gasteiger partial charge in [0.05, 0.1) is 13.0 Å². The van der Waals surface area contributed by atoms with Gasteiger partial charge >= 0.3 is 0 Å². The molecule has 1 aliphatic heterocycles. The first-order valence-corrected chi connectivity index (χ1v) is 7.72. The van der Waals surface area contributed by atoms with Crippen molar-refractivity contribution in [2.75, 3.05) is 20.2 Å². The Balaban J connectivity index is 0.00000161. The van der Waals surface area contributed by atoms with E-state index >= 15 is 0 Å². The largest absolute Gasteiger partial charge is 1.00 e. The summed E-state index contributed by atoms with van der Waals surface area (Å²) in [6.07, 6.45) is 8.15. The molecular weight excluding hydrogens is 326 g/mol. The molecule has 2 aliphatic rings. The van der Waals surface area contributed by atoms with Gasteiger partial charge in [0.2, 0.25) is 0 Å². The van der Waals surface area contributed by atoms with Crippen LogP contribution in [-0.4, -0.2) is 30.5 Å². The van der Waals surface area contributed by atoms with E-state index in [2.05, 4.69) is 35.4 Å². The monoisotopic (exact) mass is 349 g/mol. The molecule has 1 heterocycles. The number of halogens is 1. The Kier molecular flexibility index (Phi) is 5.63. The molecule has 3 rings (SSSR count). The molecule has 1 saturated heterocycles. The van der Waals surface area contributed by atoms with Gasteiger partial charge in [-0.3, -0.25) is 0 Å². The van der Waals surface area contributed by atoms with Crippen LogP contribution in [0.5, 0.6) is 5.75 Å². The molecule has 0 amide bonds. The summed E-state index contributed by atoms with van der Waals surface area (Å²) in [6, 6.07) is 6.57. The highest BCUT2D eigenvalue weighted by atomic mass is 79.9. The smallest absolute Gasteiger partial charge is 0.160 e. The predicted octanol–water partition coefficient (Wildman–Crippen LogP) is 0.552. The van der Waals surface area contributed by atoms with Crippen molar-refractivity contribution in [3.05, 3.63) is 42.0 Å². The molecule has 1 aromatic rings. The van der Waals surface area contributed by atoms with Gasteiger partial charge in [-0.05, 0) is 36.1 Å². The number of hydrogen-bond donors (Lipinski definition) is 0. The molecule has 0 N–H and O–H groups in total. The van der Waals surface area contributed by atoms with Crippen molar-refractivity contribution in [2.24, 2.45) is 0 Å². The number of aryl methyl sites for hydroxylation is 1. The van der Waals surface area contributed by atoms with E-state index < -0.39 is 0 Å². The Hall–Kier alpha value is -1.09. The summed E-state index contributed by atoms with van der Waals surface area (Å²) in [4.78, 5) is 0. The number of benzene rings is 1. The van der Waals surface area contributed by atoms with Crippen LogP contribution in [0.2, 0.25) is 0 Å². The predicted molar refractivity (Wildman–Crippen MR) is 83.1 cm³/mol. The van der Waals surface area contributed by atoms with Crippen molar-refractivity contribution in [3.8, 4) is 5.75 Å². The molecule has 1 unspecified atom stereocenters. The van der Waals surface area contributed by atoms with Gasteiger partial charge in [0.1, 0.15) is 18.8 Å². The molecular formula is C18H24BrNO. The third-order valence-electron chi connectivity index (χ3n) is 4.69. The first-order valence-electron chi connectivity index (χ1n) is 7.72. The standard InChI is InChI=1S/C18H24NO.BrH/c1-3-6-17-16-9-8-15(20-2)13-14(16)7-10-18(17)19-11-4-5-12-19;/h3,8-9,13,17H,1,4-7,10-12H2,2H3;1H/q+1;/p-1. The second-order valence-electron chi connectivity index (χ2n) is 5.83. The molecule has 1 atom stereocenters. The maximum atomic E-state index is 5.36. The van der Waals surface area contributed by atoms with Gasteiger partial charge in [-0.25, -0.2) is 4.58 Å². The Labute approximate surface area is 138 Å². The molecule has 0 radical (unpaired) electrons. The fraction of sp³-hybridized carbons (Fsp3) is 0.500. The second-order valence-corrected chi connectivity index (χ2v) is 5.83. The van der Waals surface area contributed by atoms with Crippen molar-refractivity contribution < 1.29 is 26.3 Å². The minimum atomic E-state index is 0. The third kappa shape index (κ3) is 3.23. The van der Waals surface area contributed by atoms with Crippen LogP contribution >= 0.6 is 0 Å². The summed E-state index contributed by atoms with van der Waals surface area (Å²) in [5, 5.41) is 0. The second kappa shape index (κ2) is 7.26. The van der Waals surface area contributed by atoms with E-state index in [0.29, 0.717) is 5.92 Å². The first-order chi connectivity index (χ1) is 9.83. The number of methoxy groups -OCH3 is 1. The highest BCUT2D eigenvalue weighted by Crippen LogP contribution is 2.35. The zero-order chi connectivity index (χ0) is 13.9. The fourth-order valence-corrected chi connectivity index (χ4v) is 3.69. The first kappa shape index (κ1) is 16.3. The zero-order valence-corrected chi connectivity index (χ0v) is 14.4. The number of ether oxygens (including phenoxy) is 1. The molecule has 3 heteroatoms. The summed E-state index contributed by atoms with van der Waals surface area (Å²) in [5.74, 6) is 1.51. The van der Waals surface area contributed by atoms with Gasteiger partial charge in [0.25, 0.3) is 0 Å². The molecule has 2 nitrogen and oxygen atoms in total.